The summed E-state index contributed by atoms with van der Waals surface area (Å²) in [6.45, 7) is 3.38. The molecule has 1 aromatic heterocycles. The molecule has 1 aliphatic rings. The minimum atomic E-state index is -4.90. The molecule has 2 aromatic rings. The average Bonchev–Trinajstić information content (AvgIpc) is 3.03. The van der Waals surface area contributed by atoms with Gasteiger partial charge in [-0.1, -0.05) is 13.0 Å². The molecular weight excluding hydrogens is 497 g/mol. The molecule has 192 valence electrons. The first-order chi connectivity index (χ1) is 16.1. The number of amides is 1. The second-order valence-corrected chi connectivity index (χ2v) is 10.5. The van der Waals surface area contributed by atoms with Crippen LogP contribution < -0.4 is 10.1 Å². The third-order valence-corrected chi connectivity index (χ3v) is 7.08. The number of nitrogens with zero attached hydrogens (tertiary/aromatic N) is 1. The zero-order valence-corrected chi connectivity index (χ0v) is 20.0. The molecule has 1 saturated heterocycles. The van der Waals surface area contributed by atoms with Gasteiger partial charge in [-0.3, -0.25) is 4.79 Å². The number of nitrogens with one attached hydrogen (secondary N) is 2. The van der Waals surface area contributed by atoms with Gasteiger partial charge in [0.15, 0.2) is 17.2 Å². The highest BCUT2D eigenvalue weighted by atomic mass is 32.2. The lowest BCUT2D eigenvalue weighted by atomic mass is 9.77. The SMILES string of the molecule is CCOc1c(C2[C@H](C(=O)Nc3ccnc(S(C)(=N)=O)c3)O[C@@](C)(C(F)(F)F)[C@H]2C)ccc(F)c1F. The van der Waals surface area contributed by atoms with Gasteiger partial charge < -0.3 is 14.8 Å². The molecule has 7 nitrogen and oxygen atoms in total. The van der Waals surface area contributed by atoms with Gasteiger partial charge >= 0.3 is 6.18 Å². The minimum Gasteiger partial charge on any atom is -0.490 e. The molecule has 0 bridgehead atoms. The van der Waals surface area contributed by atoms with Gasteiger partial charge in [0.25, 0.3) is 5.91 Å². The van der Waals surface area contributed by atoms with Gasteiger partial charge in [-0.2, -0.15) is 17.6 Å². The van der Waals surface area contributed by atoms with Crippen LogP contribution in [0.5, 0.6) is 5.75 Å². The van der Waals surface area contributed by atoms with E-state index in [1.54, 1.807) is 0 Å². The molecule has 1 aliphatic heterocycles. The Morgan fingerprint density at radius 2 is 1.97 bits per heavy atom. The van der Waals surface area contributed by atoms with Crippen LogP contribution in [0.1, 0.15) is 32.3 Å². The second-order valence-electron chi connectivity index (χ2n) is 8.39. The van der Waals surface area contributed by atoms with E-state index >= 15 is 0 Å². The fourth-order valence-corrected chi connectivity index (χ4v) is 4.65. The summed E-state index contributed by atoms with van der Waals surface area (Å²) in [7, 11) is -3.24. The summed E-state index contributed by atoms with van der Waals surface area (Å²) in [6.07, 6.45) is -4.38. The third-order valence-electron chi connectivity index (χ3n) is 6.06. The Kier molecular flexibility index (Phi) is 7.15. The molecule has 2 N–H and O–H groups in total. The van der Waals surface area contributed by atoms with E-state index in [4.69, 9.17) is 14.3 Å². The highest BCUT2D eigenvalue weighted by molar-refractivity contribution is 7.91. The number of rotatable bonds is 6. The topological polar surface area (TPSA) is 101 Å². The molecule has 1 aromatic carbocycles. The second kappa shape index (κ2) is 9.34. The number of halogens is 5. The Balaban J connectivity index is 2.10. The fourth-order valence-electron chi connectivity index (χ4n) is 4.04. The summed E-state index contributed by atoms with van der Waals surface area (Å²) in [5.41, 5.74) is -2.92. The molecule has 0 aliphatic carbocycles. The van der Waals surface area contributed by atoms with Gasteiger partial charge in [0.1, 0.15) is 11.1 Å². The molecule has 1 fully saturated rings. The minimum absolute atomic E-state index is 0.0211. The molecule has 2 unspecified atom stereocenters. The number of aromatic nitrogens is 1. The number of benzene rings is 1. The molecule has 3 rings (SSSR count). The molecule has 13 heteroatoms. The zero-order chi connectivity index (χ0) is 26.3. The van der Waals surface area contributed by atoms with Crippen LogP contribution in [0, 0.1) is 22.3 Å². The largest absolute Gasteiger partial charge is 0.490 e. The highest BCUT2D eigenvalue weighted by Crippen LogP contribution is 2.55. The van der Waals surface area contributed by atoms with Crippen LogP contribution >= 0.6 is 0 Å². The summed E-state index contributed by atoms with van der Waals surface area (Å²) in [6, 6.07) is 4.28. The molecule has 0 saturated carbocycles. The monoisotopic (exact) mass is 521 g/mol. The molecule has 2 heterocycles. The van der Waals surface area contributed by atoms with E-state index in [2.05, 4.69) is 10.3 Å². The lowest BCUT2D eigenvalue weighted by molar-refractivity contribution is -0.272. The molecule has 1 amide bonds. The van der Waals surface area contributed by atoms with Gasteiger partial charge in [-0.15, -0.1) is 0 Å². The Bertz CT molecular complexity index is 1240. The van der Waals surface area contributed by atoms with Gasteiger partial charge in [-0.25, -0.2) is 18.4 Å². The van der Waals surface area contributed by atoms with E-state index in [0.29, 0.717) is 0 Å². The lowest BCUT2D eigenvalue weighted by Gasteiger charge is -2.32. The van der Waals surface area contributed by atoms with Crippen molar-refractivity contribution in [3.05, 3.63) is 47.7 Å². The number of ether oxygens (including phenoxy) is 2. The van der Waals surface area contributed by atoms with Gasteiger partial charge in [0, 0.05) is 35.5 Å². The van der Waals surface area contributed by atoms with E-state index in [1.807, 2.05) is 0 Å². The summed E-state index contributed by atoms with van der Waals surface area (Å²) >= 11 is 0. The number of alkyl halides is 3. The maximum absolute atomic E-state index is 14.6. The van der Waals surface area contributed by atoms with Crippen molar-refractivity contribution < 1.29 is 40.4 Å². The third kappa shape index (κ3) is 4.96. The Hall–Kier alpha value is -2.80. The standard InChI is InChI=1S/C22H24F5N3O4S/c1-5-33-18-13(6-7-14(23)17(18)24)16-11(2)21(3,22(25,26)27)34-19(16)20(31)30-12-8-9-29-15(10-12)35(4,28)32/h6-11,16,19,28H,5H2,1-4H3,(H,29,30,31)/t11-,16?,19+,21+,35?/m0/s1. The van der Waals surface area contributed by atoms with Gasteiger partial charge in [0.05, 0.1) is 16.3 Å². The van der Waals surface area contributed by atoms with Crippen molar-refractivity contribution in [1.29, 1.82) is 4.78 Å². The number of pyridine rings is 1. The van der Waals surface area contributed by atoms with Crippen molar-refractivity contribution in [3.8, 4) is 5.75 Å². The van der Waals surface area contributed by atoms with Gasteiger partial charge in [-0.05, 0) is 32.0 Å². The van der Waals surface area contributed by atoms with E-state index in [0.717, 1.165) is 31.4 Å². The first-order valence-corrected chi connectivity index (χ1v) is 12.4. The first-order valence-electron chi connectivity index (χ1n) is 10.5. The zero-order valence-electron chi connectivity index (χ0n) is 19.2. The number of hydrogen-bond acceptors (Lipinski definition) is 6. The summed E-state index contributed by atoms with van der Waals surface area (Å²) in [4.78, 5) is 17.0. The predicted octanol–water partition coefficient (Wildman–Crippen LogP) is 4.87. The average molecular weight is 522 g/mol. The number of hydrogen-bond donors (Lipinski definition) is 2. The lowest BCUT2D eigenvalue weighted by Crippen LogP contribution is -2.47. The van der Waals surface area contributed by atoms with Crippen molar-refractivity contribution in [2.24, 2.45) is 5.92 Å². The molecule has 0 radical (unpaired) electrons. The fraction of sp³-hybridized carbons (Fsp3) is 0.455. The molecular formula is C22H24F5N3O4S. The molecule has 35 heavy (non-hydrogen) atoms. The number of carbonyl (C=O) groups excluding carboxylic acids is 1. The van der Waals surface area contributed by atoms with E-state index in [1.165, 1.54) is 26.1 Å². The highest BCUT2D eigenvalue weighted by Gasteiger charge is 2.65. The van der Waals surface area contributed by atoms with Gasteiger partial charge in [0.2, 0.25) is 5.82 Å². The van der Waals surface area contributed by atoms with E-state index in [9.17, 15) is 31.0 Å². The smallest absolute Gasteiger partial charge is 0.417 e. The van der Waals surface area contributed by atoms with Crippen LogP contribution in [0.2, 0.25) is 0 Å². The Morgan fingerprint density at radius 3 is 2.54 bits per heavy atom. The summed E-state index contributed by atoms with van der Waals surface area (Å²) < 4.78 is 101. The Labute approximate surface area is 199 Å². The van der Waals surface area contributed by atoms with Crippen LogP contribution in [0.25, 0.3) is 0 Å². The maximum atomic E-state index is 14.6. The first kappa shape index (κ1) is 26.8. The normalized spacial score (nSPS) is 26.3. The summed E-state index contributed by atoms with van der Waals surface area (Å²) in [5, 5.41) is 2.25. The van der Waals surface area contributed by atoms with Crippen molar-refractivity contribution in [2.45, 2.75) is 49.6 Å². The number of anilines is 1. The van der Waals surface area contributed by atoms with E-state index in [-0.39, 0.29) is 22.9 Å². The Morgan fingerprint density at radius 1 is 1.31 bits per heavy atom. The van der Waals surface area contributed by atoms with Crippen molar-refractivity contribution in [2.75, 3.05) is 18.2 Å². The van der Waals surface area contributed by atoms with E-state index < -0.39 is 62.7 Å². The predicted molar refractivity (Wildman–Crippen MR) is 117 cm³/mol. The van der Waals surface area contributed by atoms with Crippen LogP contribution in [-0.2, 0) is 19.3 Å². The quantitative estimate of drug-likeness (QED) is 0.528. The summed E-state index contributed by atoms with van der Waals surface area (Å²) in [5.74, 6) is -7.02. The van der Waals surface area contributed by atoms with Crippen LogP contribution in [0.4, 0.5) is 27.6 Å². The molecule has 5 atom stereocenters. The molecule has 0 spiro atoms. The van der Waals surface area contributed by atoms with Crippen LogP contribution in [-0.4, -0.2) is 45.8 Å². The van der Waals surface area contributed by atoms with Crippen LogP contribution in [0.15, 0.2) is 35.5 Å². The van der Waals surface area contributed by atoms with Crippen molar-refractivity contribution in [3.63, 3.8) is 0 Å². The van der Waals surface area contributed by atoms with Crippen molar-refractivity contribution >= 4 is 21.3 Å². The number of carbonyl (C=O) groups is 1. The van der Waals surface area contributed by atoms with Crippen LogP contribution in [0.3, 0.4) is 0 Å². The van der Waals surface area contributed by atoms with Crippen molar-refractivity contribution in [1.82, 2.24) is 4.98 Å². The maximum Gasteiger partial charge on any atom is 0.417 e.